The number of hydrogen-bond donors (Lipinski definition) is 1. The predicted octanol–water partition coefficient (Wildman–Crippen LogP) is 5.71. The SMILES string of the molecule is CC1=NC(Nc2nc3ccccc3o2)=NC(c2ccccc2C)C1C(=O)N1c2ccccc2CC1C. The van der Waals surface area contributed by atoms with Gasteiger partial charge >= 0.3 is 6.01 Å². The van der Waals surface area contributed by atoms with Crippen LogP contribution in [0.15, 0.2) is 87.2 Å². The van der Waals surface area contributed by atoms with Gasteiger partial charge in [0, 0.05) is 17.4 Å². The molecular formula is C29H27N5O2. The van der Waals surface area contributed by atoms with Crippen molar-refractivity contribution in [3.63, 3.8) is 0 Å². The molecule has 4 aromatic rings. The van der Waals surface area contributed by atoms with Gasteiger partial charge in [-0.3, -0.25) is 10.1 Å². The fraction of sp³-hybridized carbons (Fsp3) is 0.241. The lowest BCUT2D eigenvalue weighted by Gasteiger charge is -2.33. The molecule has 7 heteroatoms. The minimum absolute atomic E-state index is 0.0200. The molecule has 2 aliphatic heterocycles. The maximum atomic E-state index is 14.2. The van der Waals surface area contributed by atoms with Crippen molar-refractivity contribution in [1.82, 2.24) is 4.98 Å². The number of oxazole rings is 1. The lowest BCUT2D eigenvalue weighted by Crippen LogP contribution is -2.45. The number of hydrogen-bond acceptors (Lipinski definition) is 6. The van der Waals surface area contributed by atoms with Crippen LogP contribution in [0.25, 0.3) is 11.1 Å². The molecule has 0 saturated heterocycles. The average Bonchev–Trinajstić information content (AvgIpc) is 3.42. The Labute approximate surface area is 209 Å². The summed E-state index contributed by atoms with van der Waals surface area (Å²) in [5.74, 6) is -0.119. The van der Waals surface area contributed by atoms with Crippen LogP contribution in [0, 0.1) is 12.8 Å². The molecule has 0 bridgehead atoms. The molecule has 2 aliphatic rings. The molecule has 7 nitrogen and oxygen atoms in total. The first-order valence-electron chi connectivity index (χ1n) is 12.2. The lowest BCUT2D eigenvalue weighted by molar-refractivity contribution is -0.121. The van der Waals surface area contributed by atoms with Crippen LogP contribution < -0.4 is 10.2 Å². The summed E-state index contributed by atoms with van der Waals surface area (Å²) in [6.07, 6.45) is 0.841. The molecular weight excluding hydrogens is 450 g/mol. The Balaban J connectivity index is 1.39. The summed E-state index contributed by atoms with van der Waals surface area (Å²) in [5.41, 5.74) is 6.39. The highest BCUT2D eigenvalue weighted by Gasteiger charge is 2.42. The number of nitrogens with one attached hydrogen (secondary N) is 1. The normalized spacial score (nSPS) is 21.2. The van der Waals surface area contributed by atoms with E-state index in [0.717, 1.165) is 28.8 Å². The number of guanidine groups is 1. The number of carbonyl (C=O) groups is 1. The zero-order valence-corrected chi connectivity index (χ0v) is 20.5. The van der Waals surface area contributed by atoms with Crippen LogP contribution in [0.2, 0.25) is 0 Å². The molecule has 6 rings (SSSR count). The summed E-state index contributed by atoms with van der Waals surface area (Å²) in [6, 6.07) is 23.8. The van der Waals surface area contributed by atoms with Crippen LogP contribution in [0.1, 0.15) is 36.6 Å². The molecule has 0 radical (unpaired) electrons. The number of rotatable bonds is 3. The highest BCUT2D eigenvalue weighted by atomic mass is 16.4. The molecule has 1 amide bonds. The molecule has 180 valence electrons. The van der Waals surface area contributed by atoms with Crippen molar-refractivity contribution in [2.45, 2.75) is 39.3 Å². The van der Waals surface area contributed by atoms with E-state index in [2.05, 4.69) is 36.3 Å². The first-order valence-corrected chi connectivity index (χ1v) is 12.2. The van der Waals surface area contributed by atoms with Crippen LogP contribution in [-0.2, 0) is 11.2 Å². The first kappa shape index (κ1) is 22.2. The van der Waals surface area contributed by atoms with Crippen molar-refractivity contribution < 1.29 is 9.21 Å². The van der Waals surface area contributed by atoms with E-state index in [1.165, 1.54) is 5.56 Å². The molecule has 3 aromatic carbocycles. The van der Waals surface area contributed by atoms with Crippen molar-refractivity contribution >= 4 is 40.4 Å². The van der Waals surface area contributed by atoms with E-state index in [4.69, 9.17) is 14.4 Å². The highest BCUT2D eigenvalue weighted by molar-refractivity contribution is 6.16. The van der Waals surface area contributed by atoms with E-state index in [-0.39, 0.29) is 11.9 Å². The van der Waals surface area contributed by atoms with Crippen molar-refractivity contribution in [2.24, 2.45) is 15.9 Å². The largest absolute Gasteiger partial charge is 0.423 e. The number of nitrogens with zero attached hydrogens (tertiary/aromatic N) is 4. The quantitative estimate of drug-likeness (QED) is 0.409. The predicted molar refractivity (Wildman–Crippen MR) is 143 cm³/mol. The van der Waals surface area contributed by atoms with Gasteiger partial charge in [-0.05, 0) is 62.1 Å². The third-order valence-corrected chi connectivity index (χ3v) is 7.04. The zero-order valence-electron chi connectivity index (χ0n) is 20.5. The number of para-hydroxylation sites is 3. The lowest BCUT2D eigenvalue weighted by atomic mass is 9.85. The molecule has 3 atom stereocenters. The molecule has 0 saturated carbocycles. The highest BCUT2D eigenvalue weighted by Crippen LogP contribution is 2.39. The molecule has 3 heterocycles. The van der Waals surface area contributed by atoms with Crippen LogP contribution >= 0.6 is 0 Å². The average molecular weight is 478 g/mol. The smallest absolute Gasteiger partial charge is 0.302 e. The molecule has 1 aromatic heterocycles. The van der Waals surface area contributed by atoms with Crippen LogP contribution in [0.5, 0.6) is 0 Å². The molecule has 36 heavy (non-hydrogen) atoms. The Kier molecular flexibility index (Phi) is 5.40. The summed E-state index contributed by atoms with van der Waals surface area (Å²) in [6.45, 7) is 6.05. The summed E-state index contributed by atoms with van der Waals surface area (Å²) >= 11 is 0. The Bertz CT molecular complexity index is 1500. The van der Waals surface area contributed by atoms with Crippen LogP contribution in [-0.4, -0.2) is 28.6 Å². The van der Waals surface area contributed by atoms with E-state index < -0.39 is 12.0 Å². The monoisotopic (exact) mass is 477 g/mol. The van der Waals surface area contributed by atoms with Gasteiger partial charge < -0.3 is 9.32 Å². The number of benzene rings is 3. The fourth-order valence-electron chi connectivity index (χ4n) is 5.31. The number of aromatic nitrogens is 1. The number of carbonyl (C=O) groups excluding carboxylic acids is 1. The summed E-state index contributed by atoms with van der Waals surface area (Å²) in [7, 11) is 0. The maximum absolute atomic E-state index is 14.2. The van der Waals surface area contributed by atoms with Gasteiger partial charge in [0.05, 0.1) is 6.04 Å². The number of aryl methyl sites for hydroxylation is 1. The number of fused-ring (bicyclic) bond motifs is 2. The molecule has 0 fully saturated rings. The second-order valence-electron chi connectivity index (χ2n) is 9.49. The number of anilines is 2. The van der Waals surface area contributed by atoms with Gasteiger partial charge in [0.1, 0.15) is 11.4 Å². The first-order chi connectivity index (χ1) is 17.5. The van der Waals surface area contributed by atoms with Gasteiger partial charge in [-0.15, -0.1) is 0 Å². The van der Waals surface area contributed by atoms with Crippen molar-refractivity contribution in [1.29, 1.82) is 0 Å². The molecule has 0 spiro atoms. The van der Waals surface area contributed by atoms with Gasteiger partial charge in [-0.2, -0.15) is 4.98 Å². The third-order valence-electron chi connectivity index (χ3n) is 7.04. The zero-order chi connectivity index (χ0) is 24.8. The Hall–Kier alpha value is -4.26. The van der Waals surface area contributed by atoms with E-state index in [0.29, 0.717) is 23.3 Å². The number of aliphatic imine (C=N–C) groups is 2. The van der Waals surface area contributed by atoms with Gasteiger partial charge in [-0.25, -0.2) is 9.98 Å². The maximum Gasteiger partial charge on any atom is 0.302 e. The second kappa shape index (κ2) is 8.75. The fourth-order valence-corrected chi connectivity index (χ4v) is 5.31. The van der Waals surface area contributed by atoms with Crippen molar-refractivity contribution in [2.75, 3.05) is 10.2 Å². The van der Waals surface area contributed by atoms with E-state index in [1.807, 2.05) is 72.5 Å². The summed E-state index contributed by atoms with van der Waals surface area (Å²) < 4.78 is 5.83. The topological polar surface area (TPSA) is 83.1 Å². The number of amides is 1. The van der Waals surface area contributed by atoms with Gasteiger partial charge in [0.2, 0.25) is 11.9 Å². The van der Waals surface area contributed by atoms with Crippen molar-refractivity contribution in [3.8, 4) is 0 Å². The minimum Gasteiger partial charge on any atom is -0.423 e. The Morgan fingerprint density at radius 3 is 2.58 bits per heavy atom. The standard InChI is InChI=1S/C29H27N5O2/c1-17-10-4-6-12-21(17)26-25(27(35)34-18(2)16-20-11-5-8-14-23(20)34)19(3)30-28(32-26)33-29-31-22-13-7-9-15-24(22)36-29/h4-15,18,25-26H,16H2,1-3H3,(H,31,32,33). The van der Waals surface area contributed by atoms with Gasteiger partial charge in [0.15, 0.2) is 5.58 Å². The van der Waals surface area contributed by atoms with E-state index >= 15 is 0 Å². The molecule has 3 unspecified atom stereocenters. The van der Waals surface area contributed by atoms with Crippen LogP contribution in [0.3, 0.4) is 0 Å². The third kappa shape index (κ3) is 3.77. The van der Waals surface area contributed by atoms with Crippen LogP contribution in [0.4, 0.5) is 11.7 Å². The summed E-state index contributed by atoms with van der Waals surface area (Å²) in [5, 5.41) is 3.13. The van der Waals surface area contributed by atoms with E-state index in [1.54, 1.807) is 0 Å². The van der Waals surface area contributed by atoms with Gasteiger partial charge in [-0.1, -0.05) is 54.6 Å². The molecule has 1 N–H and O–H groups in total. The molecule has 0 aliphatic carbocycles. The summed E-state index contributed by atoms with van der Waals surface area (Å²) in [4.78, 5) is 30.3. The minimum atomic E-state index is -0.520. The second-order valence-corrected chi connectivity index (χ2v) is 9.49. The van der Waals surface area contributed by atoms with Crippen molar-refractivity contribution in [3.05, 3.63) is 89.5 Å². The van der Waals surface area contributed by atoms with Gasteiger partial charge in [0.25, 0.3) is 0 Å². The Morgan fingerprint density at radius 2 is 1.75 bits per heavy atom. The Morgan fingerprint density at radius 1 is 1.00 bits per heavy atom. The van der Waals surface area contributed by atoms with E-state index in [9.17, 15) is 4.79 Å².